The molecule has 3 heteroatoms. The lowest BCUT2D eigenvalue weighted by Crippen LogP contribution is -2.44. The number of carbonyl (C=O) groups excluding carboxylic acids is 1. The number of hydrogen-bond acceptors (Lipinski definition) is 2. The lowest BCUT2D eigenvalue weighted by molar-refractivity contribution is -0.132. The Morgan fingerprint density at radius 1 is 1.60 bits per heavy atom. The Bertz CT molecular complexity index is 257. The summed E-state index contributed by atoms with van der Waals surface area (Å²) in [5.74, 6) is 2.65. The highest BCUT2D eigenvalue weighted by Gasteiger charge is 2.32. The number of nitrogens with zero attached hydrogens (tertiary/aromatic N) is 1. The summed E-state index contributed by atoms with van der Waals surface area (Å²) in [6.07, 6.45) is 8.42. The van der Waals surface area contributed by atoms with Gasteiger partial charge in [-0.25, -0.2) is 0 Å². The Balaban J connectivity index is 2.46. The molecule has 0 aromatic heterocycles. The molecular formula is C12H20N2O. The highest BCUT2D eigenvalue weighted by atomic mass is 16.2. The molecule has 1 heterocycles. The third-order valence-electron chi connectivity index (χ3n) is 3.05. The van der Waals surface area contributed by atoms with E-state index in [0.29, 0.717) is 25.2 Å². The predicted molar refractivity (Wildman–Crippen MR) is 61.3 cm³/mol. The molecule has 0 aromatic rings. The number of carbonyl (C=O) groups is 1. The van der Waals surface area contributed by atoms with Crippen LogP contribution in [-0.2, 0) is 4.79 Å². The van der Waals surface area contributed by atoms with E-state index in [1.54, 1.807) is 0 Å². The first-order valence-electron chi connectivity index (χ1n) is 5.66. The number of likely N-dealkylation sites (tertiary alicyclic amines) is 1. The molecule has 0 radical (unpaired) electrons. The summed E-state index contributed by atoms with van der Waals surface area (Å²) in [4.78, 5) is 13.9. The minimum Gasteiger partial charge on any atom is -0.336 e. The van der Waals surface area contributed by atoms with Crippen molar-refractivity contribution >= 4 is 5.91 Å². The SMILES string of the molecule is C#CCNCC(=O)N1C(C)CCC1CC. The van der Waals surface area contributed by atoms with Crippen molar-refractivity contribution < 1.29 is 4.79 Å². The first-order valence-corrected chi connectivity index (χ1v) is 5.66. The Hall–Kier alpha value is -1.01. The van der Waals surface area contributed by atoms with Crippen molar-refractivity contribution in [3.63, 3.8) is 0 Å². The third kappa shape index (κ3) is 2.97. The number of nitrogens with one attached hydrogen (secondary N) is 1. The van der Waals surface area contributed by atoms with Gasteiger partial charge in [-0.15, -0.1) is 6.42 Å². The first-order chi connectivity index (χ1) is 7.20. The smallest absolute Gasteiger partial charge is 0.237 e. The molecule has 1 rings (SSSR count). The topological polar surface area (TPSA) is 32.3 Å². The van der Waals surface area contributed by atoms with Crippen LogP contribution in [0.4, 0.5) is 0 Å². The van der Waals surface area contributed by atoms with E-state index in [0.717, 1.165) is 19.3 Å². The van der Waals surface area contributed by atoms with Gasteiger partial charge in [0.15, 0.2) is 0 Å². The number of hydrogen-bond donors (Lipinski definition) is 1. The van der Waals surface area contributed by atoms with Crippen LogP contribution in [0, 0.1) is 12.3 Å². The number of rotatable bonds is 4. The normalized spacial score (nSPS) is 25.3. The summed E-state index contributed by atoms with van der Waals surface area (Å²) in [7, 11) is 0. The zero-order chi connectivity index (χ0) is 11.3. The van der Waals surface area contributed by atoms with Crippen molar-refractivity contribution in [2.75, 3.05) is 13.1 Å². The minimum absolute atomic E-state index is 0.183. The zero-order valence-electron chi connectivity index (χ0n) is 9.62. The Morgan fingerprint density at radius 3 is 2.93 bits per heavy atom. The molecule has 1 N–H and O–H groups in total. The standard InChI is InChI=1S/C12H20N2O/c1-4-8-13-9-12(15)14-10(3)6-7-11(14)5-2/h1,10-11,13H,5-9H2,2-3H3. The van der Waals surface area contributed by atoms with E-state index in [4.69, 9.17) is 6.42 Å². The molecule has 3 nitrogen and oxygen atoms in total. The monoisotopic (exact) mass is 208 g/mol. The molecule has 1 aliphatic rings. The third-order valence-corrected chi connectivity index (χ3v) is 3.05. The lowest BCUT2D eigenvalue weighted by Gasteiger charge is -2.28. The van der Waals surface area contributed by atoms with E-state index >= 15 is 0 Å². The van der Waals surface area contributed by atoms with Crippen LogP contribution in [0.5, 0.6) is 0 Å². The summed E-state index contributed by atoms with van der Waals surface area (Å²) < 4.78 is 0. The Labute approximate surface area is 92.2 Å². The van der Waals surface area contributed by atoms with Gasteiger partial charge in [-0.05, 0) is 26.2 Å². The van der Waals surface area contributed by atoms with Crippen LogP contribution >= 0.6 is 0 Å². The second kappa shape index (κ2) is 5.77. The van der Waals surface area contributed by atoms with Gasteiger partial charge >= 0.3 is 0 Å². The molecule has 2 atom stereocenters. The van der Waals surface area contributed by atoms with Crippen LogP contribution in [0.1, 0.15) is 33.1 Å². The second-order valence-corrected chi connectivity index (χ2v) is 4.10. The maximum atomic E-state index is 11.9. The van der Waals surface area contributed by atoms with Gasteiger partial charge < -0.3 is 4.90 Å². The summed E-state index contributed by atoms with van der Waals surface area (Å²) >= 11 is 0. The van der Waals surface area contributed by atoms with Crippen LogP contribution in [0.25, 0.3) is 0 Å². The van der Waals surface area contributed by atoms with Crippen molar-refractivity contribution in [3.05, 3.63) is 0 Å². The van der Waals surface area contributed by atoms with Gasteiger partial charge in [-0.3, -0.25) is 10.1 Å². The number of terminal acetylenes is 1. The van der Waals surface area contributed by atoms with Crippen LogP contribution < -0.4 is 5.32 Å². The fraction of sp³-hybridized carbons (Fsp3) is 0.750. The van der Waals surface area contributed by atoms with Crippen LogP contribution in [0.15, 0.2) is 0 Å². The molecule has 0 saturated carbocycles. The molecule has 0 aliphatic carbocycles. The molecule has 1 fully saturated rings. The molecule has 0 aromatic carbocycles. The van der Waals surface area contributed by atoms with Crippen molar-refractivity contribution in [2.45, 2.75) is 45.2 Å². The second-order valence-electron chi connectivity index (χ2n) is 4.10. The average molecular weight is 208 g/mol. The highest BCUT2D eigenvalue weighted by Crippen LogP contribution is 2.25. The van der Waals surface area contributed by atoms with Gasteiger partial charge in [-0.1, -0.05) is 12.8 Å². The van der Waals surface area contributed by atoms with Crippen LogP contribution in [0.2, 0.25) is 0 Å². The molecule has 1 amide bonds. The Kier molecular flexibility index (Phi) is 4.64. The van der Waals surface area contributed by atoms with E-state index in [1.165, 1.54) is 0 Å². The van der Waals surface area contributed by atoms with E-state index in [-0.39, 0.29) is 5.91 Å². The molecular weight excluding hydrogens is 188 g/mol. The first kappa shape index (κ1) is 12.1. The average Bonchev–Trinajstić information content (AvgIpc) is 2.59. The molecule has 0 bridgehead atoms. The fourth-order valence-electron chi connectivity index (χ4n) is 2.25. The van der Waals surface area contributed by atoms with Crippen molar-refractivity contribution in [3.8, 4) is 12.3 Å². The van der Waals surface area contributed by atoms with Gasteiger partial charge in [-0.2, -0.15) is 0 Å². The molecule has 0 spiro atoms. The lowest BCUT2D eigenvalue weighted by atomic mass is 10.1. The maximum absolute atomic E-state index is 11.9. The largest absolute Gasteiger partial charge is 0.336 e. The van der Waals surface area contributed by atoms with E-state index < -0.39 is 0 Å². The predicted octanol–water partition coefficient (Wildman–Crippen LogP) is 0.999. The molecule has 15 heavy (non-hydrogen) atoms. The number of amides is 1. The molecule has 2 unspecified atom stereocenters. The summed E-state index contributed by atoms with van der Waals surface area (Å²) in [5, 5.41) is 2.95. The molecule has 1 aliphatic heterocycles. The maximum Gasteiger partial charge on any atom is 0.237 e. The van der Waals surface area contributed by atoms with E-state index in [2.05, 4.69) is 25.1 Å². The molecule has 84 valence electrons. The van der Waals surface area contributed by atoms with Gasteiger partial charge in [0.05, 0.1) is 13.1 Å². The quantitative estimate of drug-likeness (QED) is 0.552. The van der Waals surface area contributed by atoms with Gasteiger partial charge in [0.1, 0.15) is 0 Å². The van der Waals surface area contributed by atoms with Gasteiger partial charge in [0.25, 0.3) is 0 Å². The minimum atomic E-state index is 0.183. The van der Waals surface area contributed by atoms with Crippen molar-refractivity contribution in [1.82, 2.24) is 10.2 Å². The van der Waals surface area contributed by atoms with Crippen molar-refractivity contribution in [2.24, 2.45) is 0 Å². The fourth-order valence-corrected chi connectivity index (χ4v) is 2.25. The molecule has 1 saturated heterocycles. The van der Waals surface area contributed by atoms with Crippen LogP contribution in [-0.4, -0.2) is 36.0 Å². The van der Waals surface area contributed by atoms with Gasteiger partial charge in [0.2, 0.25) is 5.91 Å². The van der Waals surface area contributed by atoms with E-state index in [1.807, 2.05) is 4.90 Å². The zero-order valence-corrected chi connectivity index (χ0v) is 9.62. The van der Waals surface area contributed by atoms with Crippen LogP contribution in [0.3, 0.4) is 0 Å². The highest BCUT2D eigenvalue weighted by molar-refractivity contribution is 5.79. The summed E-state index contributed by atoms with van der Waals surface area (Å²) in [5.41, 5.74) is 0. The van der Waals surface area contributed by atoms with E-state index in [9.17, 15) is 4.79 Å². The summed E-state index contributed by atoms with van der Waals surface area (Å²) in [6, 6.07) is 0.815. The van der Waals surface area contributed by atoms with Crippen molar-refractivity contribution in [1.29, 1.82) is 0 Å². The summed E-state index contributed by atoms with van der Waals surface area (Å²) in [6.45, 7) is 5.09. The van der Waals surface area contributed by atoms with Gasteiger partial charge in [0, 0.05) is 12.1 Å². The Morgan fingerprint density at radius 2 is 2.33 bits per heavy atom.